The van der Waals surface area contributed by atoms with Gasteiger partial charge in [-0.05, 0) is 60.2 Å². The van der Waals surface area contributed by atoms with E-state index < -0.39 is 17.8 Å². The second-order valence-corrected chi connectivity index (χ2v) is 7.06. The van der Waals surface area contributed by atoms with Gasteiger partial charge in [0.25, 0.3) is 0 Å². The van der Waals surface area contributed by atoms with Crippen molar-refractivity contribution in [1.29, 1.82) is 0 Å². The summed E-state index contributed by atoms with van der Waals surface area (Å²) in [6.07, 6.45) is 1.46. The highest BCUT2D eigenvalue weighted by atomic mass is 35.5. The van der Waals surface area contributed by atoms with E-state index in [2.05, 4.69) is 4.99 Å². The van der Waals surface area contributed by atoms with Crippen molar-refractivity contribution in [2.75, 3.05) is 7.11 Å². The van der Waals surface area contributed by atoms with Crippen molar-refractivity contribution in [3.05, 3.63) is 100.0 Å². The maximum atomic E-state index is 14.0. The molecule has 8 heteroatoms. The Hall–Kier alpha value is -3.97. The number of carbonyl (C=O) groups is 2. The largest absolute Gasteiger partial charge is 0.493 e. The molecule has 1 aliphatic heterocycles. The van der Waals surface area contributed by atoms with Crippen LogP contribution in [0.3, 0.4) is 0 Å². The Morgan fingerprint density at radius 3 is 2.53 bits per heavy atom. The fraction of sp³-hybridized carbons (Fsp3) is 0.0417. The van der Waals surface area contributed by atoms with Crippen LogP contribution in [0.25, 0.3) is 6.08 Å². The fourth-order valence-electron chi connectivity index (χ4n) is 2.92. The zero-order valence-corrected chi connectivity index (χ0v) is 17.4. The number of carbonyl (C=O) groups excluding carboxylic acids is 2. The van der Waals surface area contributed by atoms with Crippen molar-refractivity contribution in [3.63, 3.8) is 0 Å². The average molecular weight is 452 g/mol. The van der Waals surface area contributed by atoms with E-state index in [1.807, 2.05) is 0 Å². The second kappa shape index (κ2) is 9.03. The minimum absolute atomic E-state index is 0.00350. The second-order valence-electron chi connectivity index (χ2n) is 6.62. The Balaban J connectivity index is 1.58. The predicted molar refractivity (Wildman–Crippen MR) is 116 cm³/mol. The molecule has 0 aliphatic carbocycles. The summed E-state index contributed by atoms with van der Waals surface area (Å²) in [5, 5.41) is 0.503. The van der Waals surface area contributed by atoms with E-state index in [0.29, 0.717) is 16.1 Å². The van der Waals surface area contributed by atoms with Crippen LogP contribution in [0.4, 0.5) is 4.39 Å². The molecule has 1 heterocycles. The number of cyclic esters (lactones) is 1. The van der Waals surface area contributed by atoms with Gasteiger partial charge < -0.3 is 14.2 Å². The highest BCUT2D eigenvalue weighted by Crippen LogP contribution is 2.30. The van der Waals surface area contributed by atoms with Crippen molar-refractivity contribution in [2.45, 2.75) is 0 Å². The number of benzene rings is 3. The number of rotatable bonds is 5. The van der Waals surface area contributed by atoms with Gasteiger partial charge in [-0.1, -0.05) is 29.8 Å². The Kier molecular flexibility index (Phi) is 6.00. The van der Waals surface area contributed by atoms with Gasteiger partial charge >= 0.3 is 11.9 Å². The van der Waals surface area contributed by atoms with Crippen LogP contribution in [0.5, 0.6) is 11.5 Å². The molecule has 4 rings (SSSR count). The molecule has 0 saturated carbocycles. The fourth-order valence-corrected chi connectivity index (χ4v) is 3.05. The van der Waals surface area contributed by atoms with Gasteiger partial charge in [-0.15, -0.1) is 0 Å². The molecule has 0 atom stereocenters. The first-order valence-electron chi connectivity index (χ1n) is 9.38. The number of aliphatic imine (C=N–C) groups is 1. The van der Waals surface area contributed by atoms with Crippen LogP contribution < -0.4 is 9.47 Å². The van der Waals surface area contributed by atoms with Gasteiger partial charge in [0.15, 0.2) is 17.2 Å². The van der Waals surface area contributed by atoms with Crippen LogP contribution in [-0.2, 0) is 9.53 Å². The lowest BCUT2D eigenvalue weighted by atomic mass is 10.1. The first kappa shape index (κ1) is 21.3. The molecule has 0 spiro atoms. The molecule has 0 unspecified atom stereocenters. The summed E-state index contributed by atoms with van der Waals surface area (Å²) in [5.74, 6) is -1.48. The molecule has 0 amide bonds. The predicted octanol–water partition coefficient (Wildman–Crippen LogP) is 5.05. The molecule has 0 aromatic heterocycles. The number of hydrogen-bond donors (Lipinski definition) is 0. The molecule has 3 aromatic rings. The zero-order chi connectivity index (χ0) is 22.7. The monoisotopic (exact) mass is 451 g/mol. The van der Waals surface area contributed by atoms with Crippen LogP contribution in [-0.4, -0.2) is 24.9 Å². The highest BCUT2D eigenvalue weighted by molar-refractivity contribution is 6.30. The zero-order valence-electron chi connectivity index (χ0n) is 16.7. The molecule has 0 radical (unpaired) electrons. The SMILES string of the molecule is COc1cc(/C=C2\N=C(c3ccccc3F)OC2=O)ccc1OC(=O)c1ccc(Cl)cc1. The molecular weight excluding hydrogens is 437 g/mol. The quantitative estimate of drug-likeness (QED) is 0.308. The number of esters is 2. The molecule has 32 heavy (non-hydrogen) atoms. The van der Waals surface area contributed by atoms with Gasteiger partial charge in [0.1, 0.15) is 5.82 Å². The normalized spacial score (nSPS) is 14.2. The summed E-state index contributed by atoms with van der Waals surface area (Å²) in [4.78, 5) is 28.6. The maximum Gasteiger partial charge on any atom is 0.363 e. The van der Waals surface area contributed by atoms with Crippen LogP contribution in [0.15, 0.2) is 77.4 Å². The van der Waals surface area contributed by atoms with Crippen molar-refractivity contribution >= 4 is 35.5 Å². The first-order valence-corrected chi connectivity index (χ1v) is 9.75. The van der Waals surface area contributed by atoms with E-state index in [4.69, 9.17) is 25.8 Å². The van der Waals surface area contributed by atoms with Gasteiger partial charge in [-0.2, -0.15) is 0 Å². The average Bonchev–Trinajstić information content (AvgIpc) is 3.15. The lowest BCUT2D eigenvalue weighted by Gasteiger charge is -2.10. The van der Waals surface area contributed by atoms with Crippen LogP contribution >= 0.6 is 11.6 Å². The summed E-state index contributed by atoms with van der Waals surface area (Å²) < 4.78 is 29.8. The number of ether oxygens (including phenoxy) is 3. The van der Waals surface area contributed by atoms with E-state index in [0.717, 1.165) is 0 Å². The molecule has 1 aliphatic rings. The number of methoxy groups -OCH3 is 1. The third-order valence-electron chi connectivity index (χ3n) is 4.50. The molecule has 160 valence electrons. The van der Waals surface area contributed by atoms with Crippen molar-refractivity contribution in [1.82, 2.24) is 0 Å². The standard InChI is InChI=1S/C24H15ClFNO5/c1-30-21-13-14(6-11-20(21)31-23(28)15-7-9-16(25)10-8-15)12-19-24(29)32-22(27-19)17-4-2-3-5-18(17)26/h2-13H,1H3/b19-12-. The molecule has 3 aromatic carbocycles. The van der Waals surface area contributed by atoms with Gasteiger partial charge in [0.05, 0.1) is 18.2 Å². The van der Waals surface area contributed by atoms with Gasteiger partial charge in [0.2, 0.25) is 5.90 Å². The smallest absolute Gasteiger partial charge is 0.363 e. The lowest BCUT2D eigenvalue weighted by Crippen LogP contribution is -2.09. The summed E-state index contributed by atoms with van der Waals surface area (Å²) in [7, 11) is 1.42. The van der Waals surface area contributed by atoms with Crippen molar-refractivity contribution in [3.8, 4) is 11.5 Å². The van der Waals surface area contributed by atoms with Crippen LogP contribution in [0.1, 0.15) is 21.5 Å². The lowest BCUT2D eigenvalue weighted by molar-refractivity contribution is -0.129. The summed E-state index contributed by atoms with van der Waals surface area (Å²) in [6.45, 7) is 0. The van der Waals surface area contributed by atoms with E-state index in [-0.39, 0.29) is 28.7 Å². The summed E-state index contributed by atoms with van der Waals surface area (Å²) in [5.41, 5.74) is 0.951. The molecule has 0 bridgehead atoms. The highest BCUT2D eigenvalue weighted by Gasteiger charge is 2.26. The number of hydrogen-bond acceptors (Lipinski definition) is 6. The number of halogens is 2. The van der Waals surface area contributed by atoms with E-state index in [1.54, 1.807) is 42.5 Å². The van der Waals surface area contributed by atoms with E-state index >= 15 is 0 Å². The molecule has 0 fully saturated rings. The minimum Gasteiger partial charge on any atom is -0.493 e. The maximum absolute atomic E-state index is 14.0. The molecule has 0 N–H and O–H groups in total. The Morgan fingerprint density at radius 2 is 1.81 bits per heavy atom. The Morgan fingerprint density at radius 1 is 1.06 bits per heavy atom. The van der Waals surface area contributed by atoms with Crippen molar-refractivity contribution < 1.29 is 28.2 Å². The van der Waals surface area contributed by atoms with Gasteiger partial charge in [-0.3, -0.25) is 0 Å². The van der Waals surface area contributed by atoms with Gasteiger partial charge in [-0.25, -0.2) is 19.0 Å². The van der Waals surface area contributed by atoms with Gasteiger partial charge in [0, 0.05) is 5.02 Å². The Labute approximate surface area is 187 Å². The summed E-state index contributed by atoms with van der Waals surface area (Å²) in [6, 6.07) is 16.8. The molecule has 0 saturated heterocycles. The number of nitrogens with zero attached hydrogens (tertiary/aromatic N) is 1. The minimum atomic E-state index is -0.708. The summed E-state index contributed by atoms with van der Waals surface area (Å²) >= 11 is 5.84. The van der Waals surface area contributed by atoms with E-state index in [9.17, 15) is 14.0 Å². The molecular formula is C24H15ClFNO5. The van der Waals surface area contributed by atoms with E-state index in [1.165, 1.54) is 37.5 Å². The van der Waals surface area contributed by atoms with Crippen LogP contribution in [0, 0.1) is 5.82 Å². The van der Waals surface area contributed by atoms with Crippen LogP contribution in [0.2, 0.25) is 5.02 Å². The first-order chi connectivity index (χ1) is 15.4. The Bertz CT molecular complexity index is 1270. The third-order valence-corrected chi connectivity index (χ3v) is 4.75. The molecule has 6 nitrogen and oxygen atoms in total. The van der Waals surface area contributed by atoms with Crippen molar-refractivity contribution in [2.24, 2.45) is 4.99 Å². The third kappa shape index (κ3) is 4.53. The topological polar surface area (TPSA) is 74.2 Å².